The van der Waals surface area contributed by atoms with Gasteiger partial charge in [0.1, 0.15) is 5.75 Å². The summed E-state index contributed by atoms with van der Waals surface area (Å²) in [6.45, 7) is 0. The minimum absolute atomic E-state index is 0.152. The van der Waals surface area contributed by atoms with E-state index in [0.717, 1.165) is 11.4 Å². The molecule has 1 N–H and O–H groups in total. The van der Waals surface area contributed by atoms with Gasteiger partial charge in [0.05, 0.1) is 18.9 Å². The van der Waals surface area contributed by atoms with Crippen LogP contribution >= 0.6 is 0 Å². The van der Waals surface area contributed by atoms with E-state index in [4.69, 9.17) is 4.74 Å². The maximum absolute atomic E-state index is 12.8. The Kier molecular flexibility index (Phi) is 2.90. The number of nitrogens with zero attached hydrogens (tertiary/aromatic N) is 1. The summed E-state index contributed by atoms with van der Waals surface area (Å²) >= 11 is 0. The Labute approximate surface area is 144 Å². The molecule has 6 nitrogen and oxygen atoms in total. The summed E-state index contributed by atoms with van der Waals surface area (Å²) in [7, 11) is 1.55. The van der Waals surface area contributed by atoms with E-state index in [0.29, 0.717) is 23.1 Å². The van der Waals surface area contributed by atoms with Crippen molar-refractivity contribution in [1.29, 1.82) is 0 Å². The van der Waals surface area contributed by atoms with Gasteiger partial charge in [-0.25, -0.2) is 0 Å². The predicted octanol–water partition coefficient (Wildman–Crippen LogP) is 1.39. The zero-order valence-electron chi connectivity index (χ0n) is 13.7. The summed E-state index contributed by atoms with van der Waals surface area (Å²) in [5, 5.41) is 0.958. The number of hydrogen-bond donors (Lipinski definition) is 1. The van der Waals surface area contributed by atoms with Crippen LogP contribution < -0.4 is 10.2 Å². The summed E-state index contributed by atoms with van der Waals surface area (Å²) in [6.07, 6.45) is 5.34. The molecule has 0 spiro atoms. The molecule has 128 valence electrons. The number of allylic oxidation sites excluding steroid dienone is 2. The molecule has 2 saturated carbocycles. The highest BCUT2D eigenvalue weighted by atomic mass is 16.5. The molecule has 0 radical (unpaired) electrons. The van der Waals surface area contributed by atoms with Crippen LogP contribution in [0, 0.1) is 35.5 Å². The van der Waals surface area contributed by atoms with E-state index < -0.39 is 5.91 Å². The molecule has 1 heterocycles. The Morgan fingerprint density at radius 3 is 2.12 bits per heavy atom. The second-order valence-electron chi connectivity index (χ2n) is 7.34. The third kappa shape index (κ3) is 1.94. The lowest BCUT2D eigenvalue weighted by molar-refractivity contribution is -0.143. The summed E-state index contributed by atoms with van der Waals surface area (Å²) in [5.41, 5.74) is 2.89. The van der Waals surface area contributed by atoms with Crippen LogP contribution in [-0.4, -0.2) is 29.8 Å². The minimum Gasteiger partial charge on any atom is -0.497 e. The van der Waals surface area contributed by atoms with Gasteiger partial charge in [-0.1, -0.05) is 12.2 Å². The number of benzene rings is 1. The second kappa shape index (κ2) is 4.94. The SMILES string of the molecule is COc1ccc(C(=O)NN2C(=O)[C@@H]3[C@H]4C=C[C@@H]([C@@H]5C[C@H]45)[C@H]3C2=O)cc1. The fraction of sp³-hybridized carbons (Fsp3) is 0.421. The molecular weight excluding hydrogens is 320 g/mol. The van der Waals surface area contributed by atoms with Crippen LogP contribution in [0.15, 0.2) is 36.4 Å². The average molecular weight is 338 g/mol. The van der Waals surface area contributed by atoms with Crippen molar-refractivity contribution in [2.45, 2.75) is 6.42 Å². The van der Waals surface area contributed by atoms with Gasteiger partial charge in [-0.3, -0.25) is 19.8 Å². The van der Waals surface area contributed by atoms with E-state index in [2.05, 4.69) is 17.6 Å². The van der Waals surface area contributed by atoms with Crippen LogP contribution in [0.4, 0.5) is 0 Å². The molecule has 1 aromatic carbocycles. The van der Waals surface area contributed by atoms with Crippen LogP contribution in [0.1, 0.15) is 16.8 Å². The standard InChI is InChI=1S/C19H18N2O4/c1-25-10-4-2-9(3-5-10)17(22)20-21-18(23)15-11-6-7-12(14-8-13(11)14)16(15)19(21)24/h2-7,11-16H,8H2,1H3,(H,20,22)/t11-,12-,13-,14+,15+,16+/m0/s1. The number of rotatable bonds is 3. The number of carbonyl (C=O) groups is 3. The number of nitrogens with one attached hydrogen (secondary N) is 1. The van der Waals surface area contributed by atoms with Crippen LogP contribution in [0.3, 0.4) is 0 Å². The molecule has 6 atom stereocenters. The number of carbonyl (C=O) groups excluding carboxylic acids is 3. The maximum Gasteiger partial charge on any atom is 0.270 e. The molecule has 0 unspecified atom stereocenters. The van der Waals surface area contributed by atoms with Gasteiger partial charge < -0.3 is 4.74 Å². The molecule has 3 fully saturated rings. The monoisotopic (exact) mass is 338 g/mol. The molecular formula is C19H18N2O4. The Morgan fingerprint density at radius 2 is 1.60 bits per heavy atom. The van der Waals surface area contributed by atoms with Crippen molar-refractivity contribution < 1.29 is 19.1 Å². The highest BCUT2D eigenvalue weighted by Gasteiger charge is 2.67. The van der Waals surface area contributed by atoms with E-state index in [1.807, 2.05) is 0 Å². The van der Waals surface area contributed by atoms with Gasteiger partial charge in [-0.05, 0) is 54.4 Å². The largest absolute Gasteiger partial charge is 0.497 e. The molecule has 1 aliphatic heterocycles. The van der Waals surface area contributed by atoms with Crippen molar-refractivity contribution in [3.05, 3.63) is 42.0 Å². The van der Waals surface area contributed by atoms with Gasteiger partial charge in [0, 0.05) is 5.56 Å². The van der Waals surface area contributed by atoms with E-state index in [1.165, 1.54) is 0 Å². The second-order valence-corrected chi connectivity index (χ2v) is 7.34. The molecule has 6 heteroatoms. The van der Waals surface area contributed by atoms with Crippen LogP contribution in [-0.2, 0) is 9.59 Å². The fourth-order valence-electron chi connectivity index (χ4n) is 4.98. The molecule has 6 rings (SSSR count). The van der Waals surface area contributed by atoms with E-state index in [1.54, 1.807) is 31.4 Å². The van der Waals surface area contributed by atoms with Gasteiger partial charge in [0.2, 0.25) is 0 Å². The normalized spacial score (nSPS) is 36.9. The quantitative estimate of drug-likeness (QED) is 0.668. The molecule has 4 aliphatic carbocycles. The Balaban J connectivity index is 1.37. The number of hydrazine groups is 1. The van der Waals surface area contributed by atoms with Crippen molar-refractivity contribution in [2.75, 3.05) is 7.11 Å². The first-order chi connectivity index (χ1) is 12.1. The first-order valence-electron chi connectivity index (χ1n) is 8.61. The van der Waals surface area contributed by atoms with Gasteiger partial charge >= 0.3 is 0 Å². The van der Waals surface area contributed by atoms with Gasteiger partial charge in [-0.15, -0.1) is 0 Å². The number of methoxy groups -OCH3 is 1. The Hall–Kier alpha value is -2.63. The average Bonchev–Trinajstić information content (AvgIpc) is 3.43. The summed E-state index contributed by atoms with van der Waals surface area (Å²) in [6, 6.07) is 6.54. The van der Waals surface area contributed by atoms with E-state index in [-0.39, 0.29) is 35.5 Å². The highest BCUT2D eigenvalue weighted by Crippen LogP contribution is 2.65. The molecule has 5 aliphatic rings. The van der Waals surface area contributed by atoms with Crippen molar-refractivity contribution >= 4 is 17.7 Å². The minimum atomic E-state index is -0.464. The summed E-state index contributed by atoms with van der Waals surface area (Å²) in [4.78, 5) is 38.1. The zero-order chi connectivity index (χ0) is 17.3. The molecule has 1 saturated heterocycles. The van der Waals surface area contributed by atoms with Crippen molar-refractivity contribution in [3.63, 3.8) is 0 Å². The predicted molar refractivity (Wildman–Crippen MR) is 87.0 cm³/mol. The smallest absolute Gasteiger partial charge is 0.270 e. The molecule has 1 aromatic rings. The lowest BCUT2D eigenvalue weighted by atomic mass is 9.63. The number of ether oxygens (including phenoxy) is 1. The third-order valence-corrected chi connectivity index (χ3v) is 6.23. The van der Waals surface area contributed by atoms with E-state index >= 15 is 0 Å². The lowest BCUT2D eigenvalue weighted by Gasteiger charge is -2.37. The summed E-state index contributed by atoms with van der Waals surface area (Å²) in [5.74, 6) is 0.438. The Bertz CT molecular complexity index is 779. The molecule has 25 heavy (non-hydrogen) atoms. The van der Waals surface area contributed by atoms with Gasteiger partial charge in [0.25, 0.3) is 17.7 Å². The van der Waals surface area contributed by atoms with Crippen molar-refractivity contribution in [2.24, 2.45) is 35.5 Å². The third-order valence-electron chi connectivity index (χ3n) is 6.23. The van der Waals surface area contributed by atoms with Crippen molar-refractivity contribution in [3.8, 4) is 5.75 Å². The van der Waals surface area contributed by atoms with Crippen molar-refractivity contribution in [1.82, 2.24) is 10.4 Å². The lowest BCUT2D eigenvalue weighted by Crippen LogP contribution is -2.46. The zero-order valence-corrected chi connectivity index (χ0v) is 13.7. The number of hydrogen-bond acceptors (Lipinski definition) is 4. The van der Waals surface area contributed by atoms with Gasteiger partial charge in [-0.2, -0.15) is 5.01 Å². The number of amides is 3. The molecule has 2 bridgehead atoms. The van der Waals surface area contributed by atoms with E-state index in [9.17, 15) is 14.4 Å². The van der Waals surface area contributed by atoms with Crippen LogP contribution in [0.25, 0.3) is 0 Å². The van der Waals surface area contributed by atoms with Crippen LogP contribution in [0.5, 0.6) is 5.75 Å². The Morgan fingerprint density at radius 1 is 1.04 bits per heavy atom. The first kappa shape index (κ1) is 14.7. The highest BCUT2D eigenvalue weighted by molar-refractivity contribution is 6.08. The number of imide groups is 1. The molecule has 3 amide bonds. The van der Waals surface area contributed by atoms with Gasteiger partial charge in [0.15, 0.2) is 0 Å². The topological polar surface area (TPSA) is 75.7 Å². The molecule has 0 aromatic heterocycles. The fourth-order valence-corrected chi connectivity index (χ4v) is 4.98. The first-order valence-corrected chi connectivity index (χ1v) is 8.61. The van der Waals surface area contributed by atoms with Crippen LogP contribution in [0.2, 0.25) is 0 Å². The summed E-state index contributed by atoms with van der Waals surface area (Å²) < 4.78 is 5.07. The maximum atomic E-state index is 12.8.